The first kappa shape index (κ1) is 32.6. The van der Waals surface area contributed by atoms with Gasteiger partial charge in [-0.1, -0.05) is 13.8 Å². The number of aliphatic carboxylic acids is 1. The van der Waals surface area contributed by atoms with Gasteiger partial charge in [0.2, 0.25) is 23.6 Å². The first-order chi connectivity index (χ1) is 16.4. The summed E-state index contributed by atoms with van der Waals surface area (Å²) in [4.78, 5) is 60.9. The maximum atomic E-state index is 13.1. The fraction of sp³-hybridized carbons (Fsp3) is 0.773. The van der Waals surface area contributed by atoms with E-state index in [0.717, 1.165) is 0 Å². The molecule has 4 amide bonds. The molecule has 10 N–H and O–H groups in total. The third-order valence-corrected chi connectivity index (χ3v) is 5.83. The Morgan fingerprint density at radius 3 is 1.89 bits per heavy atom. The molecule has 0 aliphatic rings. The Balaban J connectivity index is 5.45. The zero-order chi connectivity index (χ0) is 27.0. The molecule has 0 aliphatic carbocycles. The van der Waals surface area contributed by atoms with Crippen LogP contribution in [0.1, 0.15) is 58.8 Å². The number of rotatable bonds is 19. The van der Waals surface area contributed by atoms with Gasteiger partial charge in [-0.3, -0.25) is 19.2 Å². The largest absolute Gasteiger partial charge is 0.480 e. The van der Waals surface area contributed by atoms with Gasteiger partial charge in [0.15, 0.2) is 0 Å². The predicted molar refractivity (Wildman–Crippen MR) is 135 cm³/mol. The van der Waals surface area contributed by atoms with Gasteiger partial charge in [-0.25, -0.2) is 4.79 Å². The summed E-state index contributed by atoms with van der Waals surface area (Å²) in [5.74, 6) is -2.98. The van der Waals surface area contributed by atoms with E-state index < -0.39 is 53.8 Å². The van der Waals surface area contributed by atoms with Gasteiger partial charge in [0.05, 0.1) is 6.04 Å². The lowest BCUT2D eigenvalue weighted by atomic mass is 10.0. The summed E-state index contributed by atoms with van der Waals surface area (Å²) in [5.41, 5.74) is 16.4. The Bertz CT molecular complexity index is 708. The van der Waals surface area contributed by atoms with Crippen LogP contribution < -0.4 is 33.2 Å². The summed E-state index contributed by atoms with van der Waals surface area (Å²) < 4.78 is 0. The number of primary amides is 1. The number of carboxylic acids is 1. The number of carbonyl (C=O) groups excluding carboxylic acids is 4. The molecule has 4 atom stereocenters. The molecular weight excluding hydrogens is 476 g/mol. The van der Waals surface area contributed by atoms with Crippen molar-refractivity contribution in [2.24, 2.45) is 23.1 Å². The second-order valence-corrected chi connectivity index (χ2v) is 9.81. The molecule has 0 bridgehead atoms. The minimum atomic E-state index is -1.15. The van der Waals surface area contributed by atoms with E-state index in [4.69, 9.17) is 17.2 Å². The highest BCUT2D eigenvalue weighted by Gasteiger charge is 2.30. The molecule has 0 rings (SSSR count). The number of carboxylic acid groups (broad SMARTS) is 1. The van der Waals surface area contributed by atoms with Crippen LogP contribution >= 0.6 is 11.8 Å². The fourth-order valence-electron chi connectivity index (χ4n) is 3.21. The van der Waals surface area contributed by atoms with E-state index in [1.54, 1.807) is 0 Å². The van der Waals surface area contributed by atoms with Gasteiger partial charge in [0.25, 0.3) is 0 Å². The van der Waals surface area contributed by atoms with Gasteiger partial charge in [0, 0.05) is 6.42 Å². The van der Waals surface area contributed by atoms with Crippen molar-refractivity contribution in [3.05, 3.63) is 0 Å². The van der Waals surface area contributed by atoms with Gasteiger partial charge in [-0.15, -0.1) is 0 Å². The molecule has 0 aromatic carbocycles. The quantitative estimate of drug-likeness (QED) is 0.105. The van der Waals surface area contributed by atoms with Gasteiger partial charge >= 0.3 is 5.97 Å². The second-order valence-electron chi connectivity index (χ2n) is 8.83. The van der Waals surface area contributed by atoms with Crippen molar-refractivity contribution in [3.63, 3.8) is 0 Å². The summed E-state index contributed by atoms with van der Waals surface area (Å²) in [7, 11) is 0. The van der Waals surface area contributed by atoms with Crippen LogP contribution in [0.4, 0.5) is 0 Å². The summed E-state index contributed by atoms with van der Waals surface area (Å²) in [5, 5.41) is 17.2. The van der Waals surface area contributed by atoms with Crippen LogP contribution in [0.15, 0.2) is 0 Å². The number of nitrogens with one attached hydrogen (secondary N) is 3. The van der Waals surface area contributed by atoms with Gasteiger partial charge in [-0.05, 0) is 63.0 Å². The monoisotopic (exact) mass is 518 g/mol. The van der Waals surface area contributed by atoms with E-state index >= 15 is 0 Å². The molecular formula is C22H42N6O6S. The van der Waals surface area contributed by atoms with Crippen molar-refractivity contribution < 1.29 is 29.1 Å². The Morgan fingerprint density at radius 2 is 1.40 bits per heavy atom. The molecule has 13 heteroatoms. The lowest BCUT2D eigenvalue weighted by molar-refractivity contribution is -0.142. The SMILES string of the molecule is CSCCC(NC(=O)C(CCCCN)NC(=O)C(N)CCC(N)=O)C(=O)NC(CC(C)C)C(=O)O. The zero-order valence-electron chi connectivity index (χ0n) is 20.9. The number of carbonyl (C=O) groups is 5. The van der Waals surface area contributed by atoms with Gasteiger partial charge in [0.1, 0.15) is 18.1 Å². The van der Waals surface area contributed by atoms with E-state index in [0.29, 0.717) is 25.1 Å². The normalized spacial score (nSPS) is 14.5. The first-order valence-electron chi connectivity index (χ1n) is 11.8. The van der Waals surface area contributed by atoms with Crippen LogP contribution in [-0.4, -0.2) is 77.4 Å². The van der Waals surface area contributed by atoms with Crippen LogP contribution in [0.3, 0.4) is 0 Å². The molecule has 0 aliphatic heterocycles. The molecule has 35 heavy (non-hydrogen) atoms. The molecule has 0 heterocycles. The Kier molecular flexibility index (Phi) is 16.7. The van der Waals surface area contributed by atoms with E-state index in [2.05, 4.69) is 16.0 Å². The average molecular weight is 519 g/mol. The smallest absolute Gasteiger partial charge is 0.326 e. The average Bonchev–Trinajstić information content (AvgIpc) is 2.78. The molecule has 0 saturated carbocycles. The third-order valence-electron chi connectivity index (χ3n) is 5.18. The first-order valence-corrected chi connectivity index (χ1v) is 13.2. The van der Waals surface area contributed by atoms with Crippen molar-refractivity contribution in [2.45, 2.75) is 83.0 Å². The second kappa shape index (κ2) is 18.0. The molecule has 0 aromatic heterocycles. The summed E-state index contributed by atoms with van der Waals surface area (Å²) in [6, 6.07) is -4.08. The van der Waals surface area contributed by atoms with Crippen molar-refractivity contribution >= 4 is 41.4 Å². The van der Waals surface area contributed by atoms with E-state index in [9.17, 15) is 29.1 Å². The molecule has 4 unspecified atom stereocenters. The predicted octanol–water partition coefficient (Wildman–Crippen LogP) is -0.954. The molecule has 202 valence electrons. The van der Waals surface area contributed by atoms with Crippen molar-refractivity contribution in [2.75, 3.05) is 18.6 Å². The Hall–Kier alpha value is -2.38. The number of nitrogens with two attached hydrogens (primary N) is 3. The van der Waals surface area contributed by atoms with E-state index in [-0.39, 0.29) is 38.0 Å². The highest BCUT2D eigenvalue weighted by atomic mass is 32.2. The summed E-state index contributed by atoms with van der Waals surface area (Å²) in [6.45, 7) is 4.10. The van der Waals surface area contributed by atoms with Crippen LogP contribution in [0.5, 0.6) is 0 Å². The molecule has 0 aromatic rings. The lowest BCUT2D eigenvalue weighted by Gasteiger charge is -2.25. The van der Waals surface area contributed by atoms with Crippen LogP contribution in [0.2, 0.25) is 0 Å². The Labute approximate surface area is 211 Å². The topological polar surface area (TPSA) is 220 Å². The van der Waals surface area contributed by atoms with E-state index in [1.807, 2.05) is 20.1 Å². The number of hydrogen-bond acceptors (Lipinski definition) is 8. The van der Waals surface area contributed by atoms with Crippen molar-refractivity contribution in [3.8, 4) is 0 Å². The highest BCUT2D eigenvalue weighted by Crippen LogP contribution is 2.09. The minimum absolute atomic E-state index is 0.0312. The number of thioether (sulfide) groups is 1. The minimum Gasteiger partial charge on any atom is -0.480 e. The van der Waals surface area contributed by atoms with E-state index in [1.165, 1.54) is 11.8 Å². The fourth-order valence-corrected chi connectivity index (χ4v) is 3.68. The maximum absolute atomic E-state index is 13.1. The number of hydrogen-bond donors (Lipinski definition) is 7. The molecule has 0 radical (unpaired) electrons. The molecule has 0 saturated heterocycles. The molecule has 0 spiro atoms. The Morgan fingerprint density at radius 1 is 0.857 bits per heavy atom. The molecule has 12 nitrogen and oxygen atoms in total. The zero-order valence-corrected chi connectivity index (χ0v) is 21.7. The van der Waals surface area contributed by atoms with Crippen LogP contribution in [0, 0.1) is 5.92 Å². The lowest BCUT2D eigenvalue weighted by Crippen LogP contribution is -2.57. The van der Waals surface area contributed by atoms with Crippen molar-refractivity contribution in [1.29, 1.82) is 0 Å². The number of amides is 4. The highest BCUT2D eigenvalue weighted by molar-refractivity contribution is 7.98. The maximum Gasteiger partial charge on any atom is 0.326 e. The number of unbranched alkanes of at least 4 members (excludes halogenated alkanes) is 1. The van der Waals surface area contributed by atoms with Gasteiger partial charge < -0.3 is 38.3 Å². The van der Waals surface area contributed by atoms with Crippen LogP contribution in [0.25, 0.3) is 0 Å². The standard InChI is InChI=1S/C22H42N6O6S/c1-13(2)12-17(22(33)34)28-21(32)16(9-11-35-3)27-20(31)15(6-4-5-10-23)26-19(30)14(24)7-8-18(25)29/h13-17H,4-12,23-24H2,1-3H3,(H2,25,29)(H,26,30)(H,27,31)(H,28,32)(H,33,34). The van der Waals surface area contributed by atoms with Crippen LogP contribution in [-0.2, 0) is 24.0 Å². The third kappa shape index (κ3) is 14.6. The summed E-state index contributed by atoms with van der Waals surface area (Å²) >= 11 is 1.47. The summed E-state index contributed by atoms with van der Waals surface area (Å²) in [6.07, 6.45) is 3.75. The van der Waals surface area contributed by atoms with Crippen molar-refractivity contribution in [1.82, 2.24) is 16.0 Å². The molecule has 0 fully saturated rings. The van der Waals surface area contributed by atoms with Gasteiger partial charge in [-0.2, -0.15) is 11.8 Å².